The third-order valence-electron chi connectivity index (χ3n) is 3.41. The van der Waals surface area contributed by atoms with Gasteiger partial charge in [0.2, 0.25) is 0 Å². The summed E-state index contributed by atoms with van der Waals surface area (Å²) in [5, 5.41) is 21.8. The number of methoxy groups -OCH3 is 1. The average molecular weight is 294 g/mol. The number of hydrogen-bond acceptors (Lipinski definition) is 4. The Morgan fingerprint density at radius 2 is 1.95 bits per heavy atom. The zero-order valence-corrected chi connectivity index (χ0v) is 11.7. The van der Waals surface area contributed by atoms with Crippen molar-refractivity contribution in [2.75, 3.05) is 7.11 Å². The molecule has 2 aromatic carbocycles. The van der Waals surface area contributed by atoms with Gasteiger partial charge in [-0.05, 0) is 29.8 Å². The first-order chi connectivity index (χ1) is 10.6. The van der Waals surface area contributed by atoms with Crippen LogP contribution in [0.1, 0.15) is 10.4 Å². The zero-order chi connectivity index (χ0) is 15.7. The number of aromatic carboxylic acids is 1. The molecule has 0 unspecified atom stereocenters. The summed E-state index contributed by atoms with van der Waals surface area (Å²) in [4.78, 5) is 15.9. The van der Waals surface area contributed by atoms with Crippen LogP contribution in [0.4, 0.5) is 0 Å². The highest BCUT2D eigenvalue weighted by Gasteiger charge is 2.12. The molecule has 0 fully saturated rings. The van der Waals surface area contributed by atoms with E-state index in [0.29, 0.717) is 22.2 Å². The molecule has 0 spiro atoms. The van der Waals surface area contributed by atoms with Crippen molar-refractivity contribution in [3.63, 3.8) is 0 Å². The largest absolute Gasteiger partial charge is 0.870 e. The van der Waals surface area contributed by atoms with Crippen LogP contribution in [0.5, 0.6) is 11.5 Å². The van der Waals surface area contributed by atoms with Crippen LogP contribution in [0.15, 0.2) is 48.5 Å². The molecule has 3 rings (SSSR count). The van der Waals surface area contributed by atoms with Crippen molar-refractivity contribution in [1.29, 1.82) is 0 Å². The molecule has 0 aliphatic rings. The summed E-state index contributed by atoms with van der Waals surface area (Å²) in [6, 6.07) is 13.1. The maximum Gasteiger partial charge on any atom is 0.336 e. The van der Waals surface area contributed by atoms with Crippen molar-refractivity contribution < 1.29 is 19.7 Å². The molecule has 0 aliphatic carbocycles. The van der Waals surface area contributed by atoms with Crippen LogP contribution in [0, 0.1) is 0 Å². The van der Waals surface area contributed by atoms with Gasteiger partial charge in [0.25, 0.3) is 0 Å². The fraction of sp³-hybridized carbons (Fsp3) is 0.0588. The van der Waals surface area contributed by atoms with Gasteiger partial charge in [0.1, 0.15) is 5.75 Å². The average Bonchev–Trinajstić information content (AvgIpc) is 2.53. The van der Waals surface area contributed by atoms with E-state index in [0.717, 1.165) is 0 Å². The van der Waals surface area contributed by atoms with Crippen LogP contribution in [-0.4, -0.2) is 23.2 Å². The highest BCUT2D eigenvalue weighted by Crippen LogP contribution is 2.30. The fourth-order valence-electron chi connectivity index (χ4n) is 2.34. The number of rotatable bonds is 3. The summed E-state index contributed by atoms with van der Waals surface area (Å²) < 4.78 is 4.94. The van der Waals surface area contributed by atoms with Crippen LogP contribution < -0.4 is 9.84 Å². The number of carbonyl (C=O) groups is 1. The monoisotopic (exact) mass is 294 g/mol. The summed E-state index contributed by atoms with van der Waals surface area (Å²) in [5.41, 5.74) is 1.72. The summed E-state index contributed by atoms with van der Waals surface area (Å²) in [6.45, 7) is 0. The maximum atomic E-state index is 11.9. The highest BCUT2D eigenvalue weighted by atomic mass is 16.5. The molecule has 1 aromatic heterocycles. The van der Waals surface area contributed by atoms with Gasteiger partial charge in [-0.15, -0.1) is 0 Å². The summed E-state index contributed by atoms with van der Waals surface area (Å²) in [6.07, 6.45) is 0. The van der Waals surface area contributed by atoms with E-state index >= 15 is 0 Å². The number of nitrogens with zero attached hydrogens (tertiary/aromatic N) is 1. The number of benzene rings is 2. The molecule has 0 saturated heterocycles. The van der Waals surface area contributed by atoms with Gasteiger partial charge in [0.05, 0.1) is 23.9 Å². The zero-order valence-electron chi connectivity index (χ0n) is 11.7. The van der Waals surface area contributed by atoms with Crippen LogP contribution in [0.2, 0.25) is 0 Å². The first-order valence-corrected chi connectivity index (χ1v) is 6.58. The molecule has 3 aromatic rings. The normalized spacial score (nSPS) is 10.6. The number of para-hydroxylation sites is 1. The molecule has 0 atom stereocenters. The van der Waals surface area contributed by atoms with E-state index in [2.05, 4.69) is 4.98 Å². The standard InChI is InChI=1S/C17H13NO4/c1-22-16-7-6-10(8-15(16)19)14-9-12(17(20)21)11-4-2-3-5-13(11)18-14/h2-9,19H,1H3,(H,20,21)/p-1. The number of hydrogen-bond donors (Lipinski definition) is 1. The van der Waals surface area contributed by atoms with Gasteiger partial charge >= 0.3 is 5.97 Å². The third-order valence-corrected chi connectivity index (χ3v) is 3.41. The van der Waals surface area contributed by atoms with Gasteiger partial charge < -0.3 is 14.9 Å². The Hall–Kier alpha value is -3.08. The van der Waals surface area contributed by atoms with E-state index in [1.807, 2.05) is 0 Å². The Balaban J connectivity index is 2.23. The lowest BCUT2D eigenvalue weighted by Crippen LogP contribution is -2.01. The summed E-state index contributed by atoms with van der Waals surface area (Å²) in [5.74, 6) is -1.06. The SMILES string of the molecule is COc1ccc(-c2cc(C(=O)O)c3ccccc3n2)cc1[O-]. The topological polar surface area (TPSA) is 82.5 Å². The molecule has 0 aliphatic heterocycles. The van der Waals surface area contributed by atoms with E-state index in [1.54, 1.807) is 36.4 Å². The van der Waals surface area contributed by atoms with Gasteiger partial charge in [-0.25, -0.2) is 9.78 Å². The number of pyridine rings is 1. The van der Waals surface area contributed by atoms with E-state index in [-0.39, 0.29) is 17.1 Å². The smallest absolute Gasteiger partial charge is 0.336 e. The molecule has 0 bridgehead atoms. The van der Waals surface area contributed by atoms with E-state index in [4.69, 9.17) is 4.74 Å². The molecule has 1 N–H and O–H groups in total. The van der Waals surface area contributed by atoms with E-state index < -0.39 is 5.97 Å². The Kier molecular flexibility index (Phi) is 3.39. The fourth-order valence-corrected chi connectivity index (χ4v) is 2.34. The Bertz CT molecular complexity index is 874. The van der Waals surface area contributed by atoms with Crippen LogP contribution in [-0.2, 0) is 0 Å². The number of carboxylic acids is 1. The minimum absolute atomic E-state index is 0.156. The van der Waals surface area contributed by atoms with Crippen molar-refractivity contribution in [1.82, 2.24) is 4.98 Å². The lowest BCUT2D eigenvalue weighted by atomic mass is 10.0. The number of carboxylic acid groups (broad SMARTS) is 1. The van der Waals surface area contributed by atoms with E-state index in [1.165, 1.54) is 19.2 Å². The van der Waals surface area contributed by atoms with Crippen LogP contribution >= 0.6 is 0 Å². The first-order valence-electron chi connectivity index (χ1n) is 6.58. The molecule has 0 radical (unpaired) electrons. The molecule has 5 nitrogen and oxygen atoms in total. The van der Waals surface area contributed by atoms with Crippen molar-refractivity contribution in [2.45, 2.75) is 0 Å². The van der Waals surface area contributed by atoms with Gasteiger partial charge in [-0.1, -0.05) is 30.0 Å². The van der Waals surface area contributed by atoms with E-state index in [9.17, 15) is 15.0 Å². The number of fused-ring (bicyclic) bond motifs is 1. The number of aromatic nitrogens is 1. The molecule has 22 heavy (non-hydrogen) atoms. The molecule has 5 heteroatoms. The molecule has 110 valence electrons. The van der Waals surface area contributed by atoms with Gasteiger partial charge in [-0.2, -0.15) is 0 Å². The molecular weight excluding hydrogens is 282 g/mol. The minimum Gasteiger partial charge on any atom is -0.870 e. The molecule has 0 amide bonds. The second-order valence-corrected chi connectivity index (χ2v) is 4.74. The third kappa shape index (κ3) is 2.33. The quantitative estimate of drug-likeness (QED) is 0.803. The summed E-state index contributed by atoms with van der Waals surface area (Å²) in [7, 11) is 1.42. The van der Waals surface area contributed by atoms with Crippen LogP contribution in [0.25, 0.3) is 22.2 Å². The first kappa shape index (κ1) is 13.9. The molecule has 0 saturated carbocycles. The number of ether oxygens (including phenoxy) is 1. The Morgan fingerprint density at radius 3 is 2.64 bits per heavy atom. The predicted octanol–water partition coefficient (Wildman–Crippen LogP) is 2.68. The second-order valence-electron chi connectivity index (χ2n) is 4.74. The predicted molar refractivity (Wildman–Crippen MR) is 80.1 cm³/mol. The lowest BCUT2D eigenvalue weighted by Gasteiger charge is -2.14. The van der Waals surface area contributed by atoms with Gasteiger partial charge in [-0.3, -0.25) is 0 Å². The highest BCUT2D eigenvalue weighted by molar-refractivity contribution is 6.03. The van der Waals surface area contributed by atoms with Crippen molar-refractivity contribution >= 4 is 16.9 Å². The van der Waals surface area contributed by atoms with Crippen LogP contribution in [0.3, 0.4) is 0 Å². The van der Waals surface area contributed by atoms with Gasteiger partial charge in [0.15, 0.2) is 0 Å². The molecule has 1 heterocycles. The molecular formula is C17H12NO4-. The van der Waals surface area contributed by atoms with Crippen molar-refractivity contribution in [3.8, 4) is 22.8 Å². The van der Waals surface area contributed by atoms with Crippen molar-refractivity contribution in [2.24, 2.45) is 0 Å². The maximum absolute atomic E-state index is 11.9. The van der Waals surface area contributed by atoms with Gasteiger partial charge in [0, 0.05) is 5.39 Å². The Labute approximate surface area is 126 Å². The summed E-state index contributed by atoms with van der Waals surface area (Å²) >= 11 is 0. The lowest BCUT2D eigenvalue weighted by molar-refractivity contribution is -0.270. The van der Waals surface area contributed by atoms with Crippen molar-refractivity contribution in [3.05, 3.63) is 54.1 Å². The minimum atomic E-state index is -1.03. The Morgan fingerprint density at radius 1 is 1.18 bits per heavy atom. The second kappa shape index (κ2) is 5.37.